The molecule has 1 aliphatic heterocycles. The van der Waals surface area contributed by atoms with Crippen molar-refractivity contribution in [2.24, 2.45) is 5.73 Å². The lowest BCUT2D eigenvalue weighted by Gasteiger charge is -2.37. The molecular weight excluding hydrogens is 390 g/mol. The van der Waals surface area contributed by atoms with E-state index < -0.39 is 11.7 Å². The summed E-state index contributed by atoms with van der Waals surface area (Å²) in [4.78, 5) is 13.8. The number of halogens is 3. The molecule has 1 aromatic rings. The summed E-state index contributed by atoms with van der Waals surface area (Å²) in [6, 6.07) is 2.74. The second-order valence-electron chi connectivity index (χ2n) is 6.94. The van der Waals surface area contributed by atoms with Crippen molar-refractivity contribution in [3.8, 4) is 5.75 Å². The van der Waals surface area contributed by atoms with Gasteiger partial charge in [0, 0.05) is 36.7 Å². The molecule has 1 saturated heterocycles. The van der Waals surface area contributed by atoms with Gasteiger partial charge in [0.15, 0.2) is 0 Å². The summed E-state index contributed by atoms with van der Waals surface area (Å²) < 4.78 is 22.9. The summed E-state index contributed by atoms with van der Waals surface area (Å²) >= 11 is 11.8. The number of nitrogens with two attached hydrogens (primary N) is 1. The van der Waals surface area contributed by atoms with Gasteiger partial charge in [0.25, 0.3) is 12.4 Å². The molecule has 1 heterocycles. The van der Waals surface area contributed by atoms with Crippen molar-refractivity contribution in [2.75, 3.05) is 13.1 Å². The Morgan fingerprint density at radius 1 is 1.36 bits per heavy atom. The van der Waals surface area contributed by atoms with Crippen LogP contribution in [0.4, 0.5) is 8.68 Å². The number of amides is 1. The van der Waals surface area contributed by atoms with E-state index in [1.807, 2.05) is 20.8 Å². The van der Waals surface area contributed by atoms with Crippen LogP contribution in [-0.2, 0) is 4.74 Å². The van der Waals surface area contributed by atoms with E-state index in [2.05, 4.69) is 0 Å². The van der Waals surface area contributed by atoms with Crippen LogP contribution in [0.3, 0.4) is 0 Å². The van der Waals surface area contributed by atoms with Crippen molar-refractivity contribution in [1.82, 2.24) is 4.90 Å². The second kappa shape index (κ2) is 8.20. The van der Waals surface area contributed by atoms with Crippen LogP contribution in [0.5, 0.6) is 5.75 Å². The number of piperidine rings is 1. The van der Waals surface area contributed by atoms with Gasteiger partial charge in [0.1, 0.15) is 11.4 Å². The first-order chi connectivity index (χ1) is 11.6. The molecule has 1 aliphatic rings. The highest BCUT2D eigenvalue weighted by atomic mass is 35.5. The first kappa shape index (κ1) is 20.4. The number of rotatable bonds is 3. The molecule has 0 bridgehead atoms. The number of hydrogen-bond donors (Lipinski definition) is 1. The lowest BCUT2D eigenvalue weighted by atomic mass is 9.85. The van der Waals surface area contributed by atoms with Crippen LogP contribution in [0.25, 0.3) is 0 Å². The molecule has 2 rings (SSSR count). The van der Waals surface area contributed by atoms with Gasteiger partial charge >= 0.3 is 6.09 Å². The van der Waals surface area contributed by atoms with Gasteiger partial charge in [-0.2, -0.15) is 0 Å². The maximum absolute atomic E-state index is 12.6. The Morgan fingerprint density at radius 2 is 2.00 bits per heavy atom. The summed E-state index contributed by atoms with van der Waals surface area (Å²) in [5.41, 5.74) is 6.38. The minimum atomic E-state index is -0.568. The third-order valence-electron chi connectivity index (χ3n) is 3.88. The minimum absolute atomic E-state index is 0.143. The van der Waals surface area contributed by atoms with Gasteiger partial charge in [-0.15, -0.1) is 3.89 Å². The number of likely N-dealkylation sites (tertiary alicyclic amines) is 1. The second-order valence-corrected chi connectivity index (χ2v) is 8.04. The van der Waals surface area contributed by atoms with Crippen LogP contribution in [0.1, 0.15) is 38.7 Å². The first-order valence-corrected chi connectivity index (χ1v) is 9.20. The largest absolute Gasteiger partial charge is 0.444 e. The molecule has 9 heteroatoms. The van der Waals surface area contributed by atoms with E-state index in [-0.39, 0.29) is 35.2 Å². The topological polar surface area (TPSA) is 64.8 Å². The number of hydrogen-bond acceptors (Lipinski definition) is 5. The average molecular weight is 411 g/mol. The maximum atomic E-state index is 12.6. The van der Waals surface area contributed by atoms with Gasteiger partial charge in [-0.25, -0.2) is 4.79 Å². The summed E-state index contributed by atoms with van der Waals surface area (Å²) in [6.45, 7) is 6.22. The lowest BCUT2D eigenvalue weighted by molar-refractivity contribution is 0.0186. The van der Waals surface area contributed by atoms with Crippen molar-refractivity contribution < 1.29 is 17.6 Å². The van der Waals surface area contributed by atoms with Crippen molar-refractivity contribution in [1.29, 1.82) is 0 Å². The number of carbonyl (C=O) groups is 1. The Labute approximate surface area is 161 Å². The fourth-order valence-electron chi connectivity index (χ4n) is 2.80. The van der Waals surface area contributed by atoms with E-state index in [1.54, 1.807) is 11.0 Å². The van der Waals surface area contributed by atoms with Crippen LogP contribution >= 0.6 is 35.6 Å². The van der Waals surface area contributed by atoms with E-state index >= 15 is 0 Å². The van der Waals surface area contributed by atoms with Crippen molar-refractivity contribution in [3.05, 3.63) is 27.7 Å². The Morgan fingerprint density at radius 3 is 2.56 bits per heavy atom. The number of benzene rings is 1. The third-order valence-corrected chi connectivity index (χ3v) is 4.85. The molecule has 2 unspecified atom stereocenters. The fourth-order valence-corrected chi connectivity index (χ4v) is 3.34. The Hall–Kier alpha value is -0.890. The van der Waals surface area contributed by atoms with Crippen LogP contribution in [-0.4, -0.2) is 35.7 Å². The minimum Gasteiger partial charge on any atom is -0.444 e. The molecule has 1 amide bonds. The molecule has 1 aromatic carbocycles. The molecule has 0 aliphatic carbocycles. The average Bonchev–Trinajstić information content (AvgIpc) is 2.49. The number of carbonyl (C=O) groups excluding carboxylic acids is 1. The smallest absolute Gasteiger partial charge is 0.410 e. The van der Waals surface area contributed by atoms with Crippen LogP contribution in [0, 0.1) is 0 Å². The van der Waals surface area contributed by atoms with Gasteiger partial charge in [0.05, 0.1) is 10.0 Å². The van der Waals surface area contributed by atoms with E-state index in [0.29, 0.717) is 30.1 Å². The standard InChI is InChI=1S/C16H21Cl2FN2O3S/c1-16(2,3)23-15(22)21-5-4-9(13(20)8-21)10-6-11(17)12(18)7-14(10)24-25-19/h6-7,9,13H,4-5,8,20H2,1-3H3. The zero-order chi connectivity index (χ0) is 18.8. The van der Waals surface area contributed by atoms with Crippen molar-refractivity contribution >= 4 is 41.7 Å². The highest BCUT2D eigenvalue weighted by Crippen LogP contribution is 2.40. The van der Waals surface area contributed by atoms with E-state index in [9.17, 15) is 8.68 Å². The predicted octanol–water partition coefficient (Wildman–Crippen LogP) is 4.96. The van der Waals surface area contributed by atoms with E-state index in [0.717, 1.165) is 0 Å². The first-order valence-electron chi connectivity index (χ1n) is 7.80. The van der Waals surface area contributed by atoms with Crippen molar-refractivity contribution in [3.63, 3.8) is 0 Å². The van der Waals surface area contributed by atoms with Crippen molar-refractivity contribution in [2.45, 2.75) is 44.8 Å². The zero-order valence-electron chi connectivity index (χ0n) is 14.2. The Balaban J connectivity index is 2.16. The highest BCUT2D eigenvalue weighted by molar-refractivity contribution is 7.89. The lowest BCUT2D eigenvalue weighted by Crippen LogP contribution is -2.50. The molecule has 2 atom stereocenters. The quantitative estimate of drug-likeness (QED) is 0.713. The molecule has 5 nitrogen and oxygen atoms in total. The maximum Gasteiger partial charge on any atom is 0.410 e. The molecule has 140 valence electrons. The molecule has 25 heavy (non-hydrogen) atoms. The molecule has 0 spiro atoms. The molecule has 0 saturated carbocycles. The molecule has 0 radical (unpaired) electrons. The molecule has 0 aromatic heterocycles. The highest BCUT2D eigenvalue weighted by Gasteiger charge is 2.34. The molecular formula is C16H21Cl2FN2O3S. The normalized spacial score (nSPS) is 21.2. The van der Waals surface area contributed by atoms with Crippen LogP contribution in [0.15, 0.2) is 12.1 Å². The molecule has 2 N–H and O–H groups in total. The fraction of sp³-hybridized carbons (Fsp3) is 0.562. The summed E-state index contributed by atoms with van der Waals surface area (Å²) in [7, 11) is 0. The summed E-state index contributed by atoms with van der Waals surface area (Å²) in [5, 5.41) is 0.615. The predicted molar refractivity (Wildman–Crippen MR) is 98.9 cm³/mol. The van der Waals surface area contributed by atoms with Gasteiger partial charge in [-0.1, -0.05) is 23.2 Å². The zero-order valence-corrected chi connectivity index (χ0v) is 16.6. The van der Waals surface area contributed by atoms with E-state index in [1.165, 1.54) is 6.07 Å². The summed E-state index contributed by atoms with van der Waals surface area (Å²) in [5.74, 6) is 0.142. The van der Waals surface area contributed by atoms with Gasteiger partial charge in [-0.05, 0) is 33.3 Å². The summed E-state index contributed by atoms with van der Waals surface area (Å²) in [6.07, 6.45) is 0.178. The van der Waals surface area contributed by atoms with Gasteiger partial charge in [0.2, 0.25) is 0 Å². The number of nitrogens with zero attached hydrogens (tertiary/aromatic N) is 1. The Kier molecular flexibility index (Phi) is 6.70. The monoisotopic (exact) mass is 410 g/mol. The van der Waals surface area contributed by atoms with Gasteiger partial charge < -0.3 is 19.6 Å². The van der Waals surface area contributed by atoms with Gasteiger partial charge in [-0.3, -0.25) is 0 Å². The third kappa shape index (κ3) is 5.29. The SMILES string of the molecule is CC(C)(C)OC(=O)N1CCC(c2cc(Cl)c(Cl)cc2OSF)C(N)C1. The Bertz CT molecular complexity index is 643. The van der Waals surface area contributed by atoms with E-state index in [4.69, 9.17) is 37.9 Å². The van der Waals surface area contributed by atoms with Crippen LogP contribution < -0.4 is 9.92 Å². The molecule has 1 fully saturated rings. The van der Waals surface area contributed by atoms with Crippen LogP contribution in [0.2, 0.25) is 10.0 Å². The number of ether oxygens (including phenoxy) is 1.